The second-order valence-corrected chi connectivity index (χ2v) is 11.9. The minimum Gasteiger partial charge on any atom is -0.360 e. The first-order valence-electron chi connectivity index (χ1n) is 12.4. The summed E-state index contributed by atoms with van der Waals surface area (Å²) >= 11 is 0. The quantitative estimate of drug-likeness (QED) is 0.506. The first-order chi connectivity index (χ1) is 13.8. The van der Waals surface area contributed by atoms with E-state index in [4.69, 9.17) is 4.74 Å². The molecule has 5 aliphatic rings. The van der Waals surface area contributed by atoms with Crippen LogP contribution in [-0.4, -0.2) is 18.0 Å². The van der Waals surface area contributed by atoms with E-state index in [1.54, 1.807) is 0 Å². The maximum atomic E-state index is 12.2. The van der Waals surface area contributed by atoms with Crippen LogP contribution >= 0.6 is 0 Å². The van der Waals surface area contributed by atoms with Gasteiger partial charge < -0.3 is 4.74 Å². The van der Waals surface area contributed by atoms with Gasteiger partial charge in [0.15, 0.2) is 5.78 Å². The molecule has 0 bridgehead atoms. The number of rotatable bonds is 5. The van der Waals surface area contributed by atoms with E-state index in [1.165, 1.54) is 50.5 Å². The minimum absolute atomic E-state index is 0.0558. The van der Waals surface area contributed by atoms with Crippen molar-refractivity contribution in [2.45, 2.75) is 91.8 Å². The monoisotopic (exact) mass is 396 g/mol. The second kappa shape index (κ2) is 6.81. The number of fused-ring (bicyclic) bond motifs is 7. The lowest BCUT2D eigenvalue weighted by Gasteiger charge is -2.56. The van der Waals surface area contributed by atoms with Gasteiger partial charge in [0.25, 0.3) is 0 Å². The Kier molecular flexibility index (Phi) is 4.70. The summed E-state index contributed by atoms with van der Waals surface area (Å²) in [5.41, 5.74) is 1.80. The maximum absolute atomic E-state index is 12.2. The molecule has 0 aromatic carbocycles. The van der Waals surface area contributed by atoms with E-state index in [2.05, 4.69) is 46.8 Å². The molecule has 0 N–H and O–H groups in total. The summed E-state index contributed by atoms with van der Waals surface area (Å²) in [6, 6.07) is 0. The van der Waals surface area contributed by atoms with Crippen molar-refractivity contribution in [3.05, 3.63) is 23.8 Å². The molecule has 4 aliphatic carbocycles. The Labute approximate surface area is 177 Å². The summed E-state index contributed by atoms with van der Waals surface area (Å²) in [6.45, 7) is 12.3. The van der Waals surface area contributed by atoms with Gasteiger partial charge in [0.1, 0.15) is 12.2 Å². The minimum atomic E-state index is -0.137. The van der Waals surface area contributed by atoms with E-state index in [-0.39, 0.29) is 23.4 Å². The van der Waals surface area contributed by atoms with Gasteiger partial charge in [0.05, 0.1) is 0 Å². The van der Waals surface area contributed by atoms with Crippen molar-refractivity contribution in [2.75, 3.05) is 0 Å². The van der Waals surface area contributed by atoms with Crippen LogP contribution in [0.1, 0.15) is 79.6 Å². The van der Waals surface area contributed by atoms with Crippen LogP contribution in [0.25, 0.3) is 0 Å². The summed E-state index contributed by atoms with van der Waals surface area (Å²) in [7, 11) is 0. The molecule has 1 aliphatic heterocycles. The number of allylic oxidation sites excluding steroid dienone is 2. The van der Waals surface area contributed by atoms with E-state index in [0.29, 0.717) is 17.3 Å². The van der Waals surface area contributed by atoms with E-state index in [9.17, 15) is 4.79 Å². The second-order valence-electron chi connectivity index (χ2n) is 11.9. The Morgan fingerprint density at radius 3 is 2.66 bits per heavy atom. The first kappa shape index (κ1) is 20.0. The fraction of sp³-hybridized carbons (Fsp3) is 0.815. The number of carbonyl (C=O) groups is 1. The summed E-state index contributed by atoms with van der Waals surface area (Å²) in [5, 5.41) is 0. The standard InChI is InChI=1S/C27H40O2/c1-16(2)7-6-8-17(3)20-11-12-21-19-10-9-18-15-23(28)24-25(29-24)27(18,5)22(19)13-14-26(20,21)4/h9-10,15-17,19-22,24-25H,6-8,11-14H2,1-5H3/t17-,19+,20-,21+,22+,24+,25+,26-,27+/m1/s1. The van der Waals surface area contributed by atoms with Crippen molar-refractivity contribution in [1.82, 2.24) is 0 Å². The van der Waals surface area contributed by atoms with Gasteiger partial charge in [-0.3, -0.25) is 4.79 Å². The molecule has 0 aromatic rings. The van der Waals surface area contributed by atoms with Crippen molar-refractivity contribution < 1.29 is 9.53 Å². The molecule has 9 atom stereocenters. The highest BCUT2D eigenvalue weighted by molar-refractivity contribution is 5.98. The van der Waals surface area contributed by atoms with Gasteiger partial charge in [-0.25, -0.2) is 0 Å². The smallest absolute Gasteiger partial charge is 0.187 e. The molecule has 5 rings (SSSR count). The average molecular weight is 397 g/mol. The molecule has 1 heterocycles. The molecule has 0 unspecified atom stereocenters. The van der Waals surface area contributed by atoms with Gasteiger partial charge in [-0.05, 0) is 78.3 Å². The van der Waals surface area contributed by atoms with E-state index in [0.717, 1.165) is 23.7 Å². The van der Waals surface area contributed by atoms with Gasteiger partial charge >= 0.3 is 0 Å². The SMILES string of the molecule is CC(C)CCC[C@@H](C)[C@H]1CC[C@H]2[C@@H]3C=CC4=CC(=O)[C@@H]5O[C@@H]5[C@]4(C)[C@H]3CC[C@]12C. The van der Waals surface area contributed by atoms with Gasteiger partial charge in [0.2, 0.25) is 0 Å². The molecule has 2 heteroatoms. The fourth-order valence-electron chi connectivity index (χ4n) is 8.39. The number of hydrogen-bond acceptors (Lipinski definition) is 2. The largest absolute Gasteiger partial charge is 0.360 e. The molecule has 0 amide bonds. The van der Waals surface area contributed by atoms with E-state index >= 15 is 0 Å². The molecule has 2 nitrogen and oxygen atoms in total. The normalized spacial score (nSPS) is 48.5. The van der Waals surface area contributed by atoms with Crippen LogP contribution in [0, 0.1) is 46.3 Å². The van der Waals surface area contributed by atoms with Crippen molar-refractivity contribution in [3.63, 3.8) is 0 Å². The van der Waals surface area contributed by atoms with Crippen LogP contribution in [0.2, 0.25) is 0 Å². The van der Waals surface area contributed by atoms with Gasteiger partial charge in [-0.2, -0.15) is 0 Å². The molecular formula is C27H40O2. The van der Waals surface area contributed by atoms with E-state index in [1.807, 2.05) is 6.08 Å². The third-order valence-electron chi connectivity index (χ3n) is 10.1. The predicted octanol–water partition coefficient (Wildman–Crippen LogP) is 6.36. The van der Waals surface area contributed by atoms with Crippen molar-refractivity contribution in [2.24, 2.45) is 46.3 Å². The Hall–Kier alpha value is -0.890. The molecular weight excluding hydrogens is 356 g/mol. The number of ketones is 1. The van der Waals surface area contributed by atoms with Gasteiger partial charge in [0, 0.05) is 5.41 Å². The lowest BCUT2D eigenvalue weighted by molar-refractivity contribution is -0.116. The van der Waals surface area contributed by atoms with Crippen molar-refractivity contribution >= 4 is 5.78 Å². The Morgan fingerprint density at radius 2 is 1.90 bits per heavy atom. The predicted molar refractivity (Wildman–Crippen MR) is 117 cm³/mol. The first-order valence-corrected chi connectivity index (χ1v) is 12.4. The van der Waals surface area contributed by atoms with Crippen LogP contribution in [0.4, 0.5) is 0 Å². The highest BCUT2D eigenvalue weighted by Gasteiger charge is 2.66. The summed E-state index contributed by atoms with van der Waals surface area (Å²) < 4.78 is 5.94. The van der Waals surface area contributed by atoms with Crippen LogP contribution in [-0.2, 0) is 9.53 Å². The summed E-state index contributed by atoms with van der Waals surface area (Å²) in [6.07, 6.45) is 16.4. The topological polar surface area (TPSA) is 29.6 Å². The fourth-order valence-corrected chi connectivity index (χ4v) is 8.39. The third kappa shape index (κ3) is 2.87. The van der Waals surface area contributed by atoms with Crippen molar-refractivity contribution in [1.29, 1.82) is 0 Å². The zero-order valence-electron chi connectivity index (χ0n) is 19.1. The lowest BCUT2D eigenvalue weighted by atomic mass is 9.48. The van der Waals surface area contributed by atoms with Gasteiger partial charge in [-0.15, -0.1) is 0 Å². The molecule has 1 saturated heterocycles. The van der Waals surface area contributed by atoms with Crippen LogP contribution in [0.3, 0.4) is 0 Å². The molecule has 3 fully saturated rings. The van der Waals surface area contributed by atoms with Crippen molar-refractivity contribution in [3.8, 4) is 0 Å². The molecule has 0 radical (unpaired) electrons. The number of hydrogen-bond donors (Lipinski definition) is 0. The van der Waals surface area contributed by atoms with Crippen LogP contribution < -0.4 is 0 Å². The number of ether oxygens (including phenoxy) is 1. The van der Waals surface area contributed by atoms with Gasteiger partial charge in [-0.1, -0.05) is 66.0 Å². The molecule has 29 heavy (non-hydrogen) atoms. The van der Waals surface area contributed by atoms with Crippen LogP contribution in [0.15, 0.2) is 23.8 Å². The zero-order chi connectivity index (χ0) is 20.6. The summed E-state index contributed by atoms with van der Waals surface area (Å²) in [5.74, 6) is 4.89. The zero-order valence-corrected chi connectivity index (χ0v) is 19.1. The Morgan fingerprint density at radius 1 is 1.10 bits per heavy atom. The number of epoxide rings is 1. The summed E-state index contributed by atoms with van der Waals surface area (Å²) in [4.78, 5) is 12.2. The van der Waals surface area contributed by atoms with E-state index < -0.39 is 0 Å². The Bertz CT molecular complexity index is 748. The highest BCUT2D eigenvalue weighted by Crippen LogP contribution is 2.68. The highest BCUT2D eigenvalue weighted by atomic mass is 16.6. The molecule has 0 aromatic heterocycles. The molecule has 0 spiro atoms. The molecule has 160 valence electrons. The number of carbonyl (C=O) groups excluding carboxylic acids is 1. The Balaban J connectivity index is 1.37. The molecule has 2 saturated carbocycles. The van der Waals surface area contributed by atoms with Crippen LogP contribution in [0.5, 0.6) is 0 Å². The lowest BCUT2D eigenvalue weighted by Crippen LogP contribution is -2.51. The maximum Gasteiger partial charge on any atom is 0.187 e. The third-order valence-corrected chi connectivity index (χ3v) is 10.1. The average Bonchev–Trinajstić information content (AvgIpc) is 3.40.